The van der Waals surface area contributed by atoms with Crippen molar-refractivity contribution in [2.45, 2.75) is 58.9 Å². The highest BCUT2D eigenvalue weighted by atomic mass is 16.2. The van der Waals surface area contributed by atoms with Gasteiger partial charge >= 0.3 is 0 Å². The number of nitrogens with zero attached hydrogens (tertiary/aromatic N) is 1. The van der Waals surface area contributed by atoms with Gasteiger partial charge in [-0.05, 0) is 26.2 Å². The molecule has 104 valence electrons. The van der Waals surface area contributed by atoms with Crippen LogP contribution >= 0.6 is 0 Å². The quantitative estimate of drug-likeness (QED) is 0.762. The lowest BCUT2D eigenvalue weighted by molar-refractivity contribution is -0.137. The Bertz CT molecular complexity index is 311. The van der Waals surface area contributed by atoms with Crippen LogP contribution in [0.5, 0.6) is 0 Å². The molecule has 0 bridgehead atoms. The van der Waals surface area contributed by atoms with Crippen molar-refractivity contribution in [1.29, 1.82) is 0 Å². The molecule has 1 saturated heterocycles. The number of rotatable bonds is 5. The van der Waals surface area contributed by atoms with Gasteiger partial charge in [-0.15, -0.1) is 0 Å². The van der Waals surface area contributed by atoms with Gasteiger partial charge in [0.15, 0.2) is 0 Å². The first-order valence-electron chi connectivity index (χ1n) is 6.93. The molecule has 0 saturated carbocycles. The third kappa shape index (κ3) is 4.31. The Labute approximate surface area is 110 Å². The zero-order valence-electron chi connectivity index (χ0n) is 12.1. The molecule has 18 heavy (non-hydrogen) atoms. The van der Waals surface area contributed by atoms with Gasteiger partial charge in [0.05, 0.1) is 0 Å². The summed E-state index contributed by atoms with van der Waals surface area (Å²) < 4.78 is 0. The van der Waals surface area contributed by atoms with E-state index in [-0.39, 0.29) is 11.8 Å². The minimum Gasteiger partial charge on any atom is -0.342 e. The second kappa shape index (κ2) is 6.21. The summed E-state index contributed by atoms with van der Waals surface area (Å²) in [6.07, 6.45) is 3.78. The van der Waals surface area contributed by atoms with E-state index < -0.39 is 5.54 Å². The number of unbranched alkanes of at least 4 members (excludes halogenated alkanes) is 1. The van der Waals surface area contributed by atoms with Crippen LogP contribution in [0.4, 0.5) is 0 Å². The van der Waals surface area contributed by atoms with Gasteiger partial charge in [0.2, 0.25) is 11.8 Å². The molecule has 2 amide bonds. The van der Waals surface area contributed by atoms with E-state index in [1.54, 1.807) is 13.8 Å². The highest BCUT2D eigenvalue weighted by Crippen LogP contribution is 2.15. The Kier molecular flexibility index (Phi) is 5.17. The summed E-state index contributed by atoms with van der Waals surface area (Å²) in [7, 11) is 0. The Morgan fingerprint density at radius 1 is 1.28 bits per heavy atom. The average Bonchev–Trinajstić information content (AvgIpc) is 2.34. The first-order valence-corrected chi connectivity index (χ1v) is 6.93. The van der Waals surface area contributed by atoms with Gasteiger partial charge in [-0.25, -0.2) is 0 Å². The van der Waals surface area contributed by atoms with E-state index in [1.807, 2.05) is 4.90 Å². The van der Waals surface area contributed by atoms with Crippen LogP contribution in [-0.2, 0) is 9.59 Å². The molecule has 0 aromatic carbocycles. The lowest BCUT2D eigenvalue weighted by Crippen LogP contribution is -2.52. The van der Waals surface area contributed by atoms with Gasteiger partial charge in [-0.3, -0.25) is 9.59 Å². The van der Waals surface area contributed by atoms with Crippen molar-refractivity contribution in [3.05, 3.63) is 0 Å². The number of amides is 2. The summed E-state index contributed by atoms with van der Waals surface area (Å²) in [5.74, 6) is 0.723. The molecule has 0 aliphatic carbocycles. The van der Waals surface area contributed by atoms with Crippen LogP contribution in [0.1, 0.15) is 53.4 Å². The van der Waals surface area contributed by atoms with E-state index in [0.29, 0.717) is 18.9 Å². The third-order valence-electron chi connectivity index (χ3n) is 3.34. The number of hydrogen-bond acceptors (Lipinski definition) is 2. The fraction of sp³-hybridized carbons (Fsp3) is 0.857. The molecule has 1 N–H and O–H groups in total. The fourth-order valence-electron chi connectivity index (χ4n) is 2.27. The lowest BCUT2D eigenvalue weighted by Gasteiger charge is -2.28. The maximum absolute atomic E-state index is 12.3. The topological polar surface area (TPSA) is 49.4 Å². The van der Waals surface area contributed by atoms with Gasteiger partial charge in [-0.1, -0.05) is 26.7 Å². The summed E-state index contributed by atoms with van der Waals surface area (Å²) >= 11 is 0. The Morgan fingerprint density at radius 2 is 1.94 bits per heavy atom. The number of carbonyl (C=O) groups is 2. The number of carbonyl (C=O) groups excluding carboxylic acids is 2. The zero-order valence-corrected chi connectivity index (χ0v) is 12.1. The van der Waals surface area contributed by atoms with E-state index in [9.17, 15) is 9.59 Å². The maximum atomic E-state index is 12.3. The minimum absolute atomic E-state index is 0.0296. The zero-order chi connectivity index (χ0) is 13.8. The molecule has 1 heterocycles. The summed E-state index contributed by atoms with van der Waals surface area (Å²) in [4.78, 5) is 25.6. The Morgan fingerprint density at radius 3 is 2.56 bits per heavy atom. The van der Waals surface area contributed by atoms with E-state index in [0.717, 1.165) is 19.4 Å². The highest BCUT2D eigenvalue weighted by molar-refractivity contribution is 5.92. The predicted molar refractivity (Wildman–Crippen MR) is 72.1 cm³/mol. The number of hydrogen-bond donors (Lipinski definition) is 1. The van der Waals surface area contributed by atoms with Crippen molar-refractivity contribution >= 4 is 11.8 Å². The van der Waals surface area contributed by atoms with Crippen molar-refractivity contribution in [3.63, 3.8) is 0 Å². The van der Waals surface area contributed by atoms with Crippen molar-refractivity contribution in [3.8, 4) is 0 Å². The first kappa shape index (κ1) is 15.0. The van der Waals surface area contributed by atoms with Crippen molar-refractivity contribution in [2.24, 2.45) is 5.92 Å². The smallest absolute Gasteiger partial charge is 0.247 e. The molecule has 1 fully saturated rings. The van der Waals surface area contributed by atoms with Crippen LogP contribution in [0.15, 0.2) is 0 Å². The molecule has 0 aromatic heterocycles. The van der Waals surface area contributed by atoms with Crippen molar-refractivity contribution in [2.75, 3.05) is 13.1 Å². The van der Waals surface area contributed by atoms with Crippen LogP contribution in [0.25, 0.3) is 0 Å². The number of nitrogens with one attached hydrogen (secondary N) is 1. The van der Waals surface area contributed by atoms with Crippen LogP contribution in [0.2, 0.25) is 0 Å². The summed E-state index contributed by atoms with van der Waals surface area (Å²) in [6.45, 7) is 9.30. The largest absolute Gasteiger partial charge is 0.342 e. The SMILES string of the molecule is CC(C)CCCCN1CCC(=O)NC(C)(C)C1=O. The molecule has 4 heteroatoms. The second-order valence-electron chi connectivity index (χ2n) is 6.11. The van der Waals surface area contributed by atoms with E-state index in [4.69, 9.17) is 0 Å². The molecular weight excluding hydrogens is 228 g/mol. The maximum Gasteiger partial charge on any atom is 0.247 e. The van der Waals surface area contributed by atoms with Crippen LogP contribution in [0.3, 0.4) is 0 Å². The molecule has 1 aliphatic rings. The molecule has 4 nitrogen and oxygen atoms in total. The molecule has 1 aliphatic heterocycles. The fourth-order valence-corrected chi connectivity index (χ4v) is 2.27. The molecule has 0 aromatic rings. The van der Waals surface area contributed by atoms with E-state index in [2.05, 4.69) is 19.2 Å². The average molecular weight is 254 g/mol. The normalized spacial score (nSPS) is 19.9. The molecular formula is C14H26N2O2. The van der Waals surface area contributed by atoms with E-state index in [1.165, 1.54) is 6.42 Å². The van der Waals surface area contributed by atoms with Crippen LogP contribution in [-0.4, -0.2) is 35.3 Å². The van der Waals surface area contributed by atoms with Gasteiger partial charge in [-0.2, -0.15) is 0 Å². The first-order chi connectivity index (χ1) is 8.33. The second-order valence-corrected chi connectivity index (χ2v) is 6.11. The summed E-state index contributed by atoms with van der Waals surface area (Å²) in [5, 5.41) is 2.78. The standard InChI is InChI=1S/C14H26N2O2/c1-11(2)7-5-6-9-16-10-8-12(17)15-14(3,4)13(16)18/h11H,5-10H2,1-4H3,(H,15,17). The molecule has 1 rings (SSSR count). The monoisotopic (exact) mass is 254 g/mol. The Hall–Kier alpha value is -1.06. The lowest BCUT2D eigenvalue weighted by atomic mass is 10.0. The van der Waals surface area contributed by atoms with Crippen LogP contribution < -0.4 is 5.32 Å². The van der Waals surface area contributed by atoms with Crippen molar-refractivity contribution in [1.82, 2.24) is 10.2 Å². The minimum atomic E-state index is -0.758. The van der Waals surface area contributed by atoms with Crippen molar-refractivity contribution < 1.29 is 9.59 Å². The highest BCUT2D eigenvalue weighted by Gasteiger charge is 2.35. The van der Waals surface area contributed by atoms with Gasteiger partial charge in [0.25, 0.3) is 0 Å². The molecule has 0 spiro atoms. The predicted octanol–water partition coefficient (Wildman–Crippen LogP) is 1.94. The molecule has 0 atom stereocenters. The molecule has 0 radical (unpaired) electrons. The van der Waals surface area contributed by atoms with Gasteiger partial charge in [0.1, 0.15) is 5.54 Å². The van der Waals surface area contributed by atoms with E-state index >= 15 is 0 Å². The summed E-state index contributed by atoms with van der Waals surface area (Å²) in [6, 6.07) is 0. The molecule has 0 unspecified atom stereocenters. The van der Waals surface area contributed by atoms with Crippen LogP contribution in [0, 0.1) is 5.92 Å². The third-order valence-corrected chi connectivity index (χ3v) is 3.34. The summed E-state index contributed by atoms with van der Waals surface area (Å²) in [5.41, 5.74) is -0.758. The Balaban J connectivity index is 2.48. The van der Waals surface area contributed by atoms with Gasteiger partial charge < -0.3 is 10.2 Å². The van der Waals surface area contributed by atoms with Gasteiger partial charge in [0, 0.05) is 19.5 Å².